The van der Waals surface area contributed by atoms with Gasteiger partial charge in [-0.3, -0.25) is 14.4 Å². The van der Waals surface area contributed by atoms with Gasteiger partial charge in [-0.05, 0) is 33.1 Å². The molecule has 3 N–H and O–H groups in total. The number of hydrogen-bond donors (Lipinski definition) is 3. The summed E-state index contributed by atoms with van der Waals surface area (Å²) in [5.41, 5.74) is -0.988. The summed E-state index contributed by atoms with van der Waals surface area (Å²) in [5, 5.41) is 15.3. The molecule has 0 aromatic rings. The van der Waals surface area contributed by atoms with Crippen LogP contribution in [0.5, 0.6) is 0 Å². The van der Waals surface area contributed by atoms with E-state index in [1.165, 1.54) is 4.90 Å². The molecule has 0 aliphatic carbocycles. The highest BCUT2D eigenvalue weighted by Gasteiger charge is 2.74. The number of nitrogens with zero attached hydrogens (tertiary/aromatic N) is 1. The van der Waals surface area contributed by atoms with Crippen LogP contribution in [0.2, 0.25) is 0 Å². The lowest BCUT2D eigenvalue weighted by molar-refractivity contribution is -0.145. The van der Waals surface area contributed by atoms with Crippen LogP contribution in [0, 0.1) is 11.8 Å². The van der Waals surface area contributed by atoms with E-state index in [0.29, 0.717) is 12.8 Å². The highest BCUT2D eigenvalue weighted by molar-refractivity contribution is 5.99. The molecule has 2 bridgehead atoms. The summed E-state index contributed by atoms with van der Waals surface area (Å²) in [4.78, 5) is 40.4. The average molecular weight is 381 g/mol. The van der Waals surface area contributed by atoms with Gasteiger partial charge in [-0.25, -0.2) is 0 Å². The van der Waals surface area contributed by atoms with Crippen molar-refractivity contribution in [2.75, 3.05) is 13.7 Å². The number of amides is 3. The quantitative estimate of drug-likeness (QED) is 0.566. The lowest BCUT2D eigenvalue weighted by Gasteiger charge is -2.36. The average Bonchev–Trinajstić information content (AvgIpc) is 3.27. The van der Waals surface area contributed by atoms with Gasteiger partial charge in [0.05, 0.1) is 30.6 Å². The zero-order valence-electron chi connectivity index (χ0n) is 16.5. The molecule has 1 spiro atoms. The smallest absolute Gasteiger partial charge is 0.246 e. The number of carbonyl (C=O) groups is 3. The van der Waals surface area contributed by atoms with Crippen molar-refractivity contribution in [1.82, 2.24) is 15.5 Å². The van der Waals surface area contributed by atoms with Crippen molar-refractivity contribution in [2.45, 2.75) is 76.3 Å². The maximum absolute atomic E-state index is 13.3. The van der Waals surface area contributed by atoms with Gasteiger partial charge in [-0.1, -0.05) is 13.3 Å². The number of carbonyl (C=O) groups excluding carboxylic acids is 3. The molecule has 0 aromatic heterocycles. The summed E-state index contributed by atoms with van der Waals surface area (Å²) in [6, 6.07) is -1.37. The zero-order chi connectivity index (χ0) is 19.9. The van der Waals surface area contributed by atoms with Crippen LogP contribution in [0.3, 0.4) is 0 Å². The fraction of sp³-hybridized carbons (Fsp3) is 0.842. The van der Waals surface area contributed by atoms with E-state index in [0.717, 1.165) is 12.8 Å². The van der Waals surface area contributed by atoms with Crippen molar-refractivity contribution in [3.8, 4) is 0 Å². The van der Waals surface area contributed by atoms with E-state index < -0.39 is 29.5 Å². The molecule has 3 unspecified atom stereocenters. The van der Waals surface area contributed by atoms with Crippen molar-refractivity contribution in [2.24, 2.45) is 11.8 Å². The van der Waals surface area contributed by atoms with E-state index in [-0.39, 0.29) is 36.5 Å². The molecule has 152 valence electrons. The molecule has 27 heavy (non-hydrogen) atoms. The Hall–Kier alpha value is -1.67. The number of fused-ring (bicyclic) bond motifs is 1. The van der Waals surface area contributed by atoms with Gasteiger partial charge in [0.1, 0.15) is 11.6 Å². The topological polar surface area (TPSA) is 108 Å². The van der Waals surface area contributed by atoms with Gasteiger partial charge in [-0.15, -0.1) is 0 Å². The Bertz CT molecular complexity index is 626. The predicted octanol–water partition coefficient (Wildman–Crippen LogP) is -0.207. The lowest BCUT2D eigenvalue weighted by atomic mass is 9.70. The van der Waals surface area contributed by atoms with Crippen LogP contribution in [-0.4, -0.2) is 71.2 Å². The summed E-state index contributed by atoms with van der Waals surface area (Å²) >= 11 is 0. The van der Waals surface area contributed by atoms with Crippen molar-refractivity contribution in [3.63, 3.8) is 0 Å². The van der Waals surface area contributed by atoms with E-state index in [1.54, 1.807) is 14.0 Å². The Labute approximate surface area is 160 Å². The Balaban J connectivity index is 1.98. The molecule has 0 radical (unpaired) electrons. The maximum Gasteiger partial charge on any atom is 0.246 e. The molecule has 7 atom stereocenters. The number of aliphatic hydroxyl groups is 1. The van der Waals surface area contributed by atoms with Gasteiger partial charge in [0.2, 0.25) is 17.7 Å². The second kappa shape index (κ2) is 7.39. The molecule has 8 heteroatoms. The molecule has 3 aliphatic rings. The predicted molar refractivity (Wildman–Crippen MR) is 97.6 cm³/mol. The van der Waals surface area contributed by atoms with Crippen LogP contribution in [0.1, 0.15) is 46.5 Å². The summed E-state index contributed by atoms with van der Waals surface area (Å²) < 4.78 is 6.22. The van der Waals surface area contributed by atoms with Gasteiger partial charge in [0, 0.05) is 13.1 Å². The van der Waals surface area contributed by atoms with Crippen LogP contribution < -0.4 is 10.6 Å². The van der Waals surface area contributed by atoms with Crippen LogP contribution in [0.4, 0.5) is 0 Å². The molecule has 0 saturated carbocycles. The zero-order valence-corrected chi connectivity index (χ0v) is 16.5. The Morgan fingerprint density at radius 1 is 1.37 bits per heavy atom. The first kappa shape index (κ1) is 20.1. The maximum atomic E-state index is 13.3. The van der Waals surface area contributed by atoms with E-state index in [1.807, 2.05) is 13.8 Å². The third-order valence-electron chi connectivity index (χ3n) is 6.38. The Kier molecular flexibility index (Phi) is 5.49. The van der Waals surface area contributed by atoms with E-state index in [2.05, 4.69) is 10.6 Å². The molecule has 8 nitrogen and oxygen atoms in total. The molecule has 3 fully saturated rings. The first-order valence-corrected chi connectivity index (χ1v) is 9.95. The fourth-order valence-corrected chi connectivity index (χ4v) is 5.25. The Morgan fingerprint density at radius 3 is 2.67 bits per heavy atom. The van der Waals surface area contributed by atoms with E-state index in [9.17, 15) is 19.5 Å². The van der Waals surface area contributed by atoms with Crippen molar-refractivity contribution >= 4 is 17.7 Å². The van der Waals surface area contributed by atoms with Gasteiger partial charge >= 0.3 is 0 Å². The number of hydrogen-bond acceptors (Lipinski definition) is 5. The summed E-state index contributed by atoms with van der Waals surface area (Å²) in [5.74, 6) is -2.02. The monoisotopic (exact) mass is 381 g/mol. The van der Waals surface area contributed by atoms with Gasteiger partial charge in [0.25, 0.3) is 0 Å². The van der Waals surface area contributed by atoms with E-state index in [4.69, 9.17) is 4.74 Å². The minimum absolute atomic E-state index is 0.0207. The molecule has 3 aliphatic heterocycles. The third-order valence-corrected chi connectivity index (χ3v) is 6.38. The Morgan fingerprint density at radius 2 is 2.07 bits per heavy atom. The van der Waals surface area contributed by atoms with Crippen LogP contribution in [0.25, 0.3) is 0 Å². The first-order valence-electron chi connectivity index (χ1n) is 9.95. The molecular formula is C19H31N3O5. The molecule has 3 heterocycles. The van der Waals surface area contributed by atoms with Crippen molar-refractivity contribution in [3.05, 3.63) is 0 Å². The normalized spacial score (nSPS) is 36.5. The van der Waals surface area contributed by atoms with Crippen LogP contribution in [-0.2, 0) is 19.1 Å². The molecule has 3 rings (SSSR count). The first-order chi connectivity index (χ1) is 12.8. The summed E-state index contributed by atoms with van der Waals surface area (Å²) in [6.45, 7) is 5.45. The minimum atomic E-state index is -0.988. The standard InChI is InChI=1S/C19H31N3O5/c1-5-6-10(2)21-17(25)15-19-8-7-12(27-19)13(16(24)20-4)14(19)18(26)22(15)11(3)9-23/h10-15,23H,5-9H2,1-4H3,(H,20,24)(H,21,25)/t10?,11-,12-,13+,14+,15?,19?/m1/s1. The van der Waals surface area contributed by atoms with Gasteiger partial charge in [-0.2, -0.15) is 0 Å². The van der Waals surface area contributed by atoms with Crippen LogP contribution in [0.15, 0.2) is 0 Å². The number of nitrogens with one attached hydrogen (secondary N) is 2. The van der Waals surface area contributed by atoms with Crippen molar-refractivity contribution in [1.29, 1.82) is 0 Å². The second-order valence-corrected chi connectivity index (χ2v) is 8.15. The number of likely N-dealkylation sites (tertiary alicyclic amines) is 1. The minimum Gasteiger partial charge on any atom is -0.394 e. The molecule has 3 saturated heterocycles. The number of ether oxygens (including phenoxy) is 1. The summed E-state index contributed by atoms with van der Waals surface area (Å²) in [6.07, 6.45) is 2.65. The third kappa shape index (κ3) is 2.93. The van der Waals surface area contributed by atoms with Crippen molar-refractivity contribution < 1.29 is 24.2 Å². The van der Waals surface area contributed by atoms with Gasteiger partial charge < -0.3 is 25.4 Å². The molecule has 3 amide bonds. The highest BCUT2D eigenvalue weighted by atomic mass is 16.5. The van der Waals surface area contributed by atoms with Crippen LogP contribution >= 0.6 is 0 Å². The largest absolute Gasteiger partial charge is 0.394 e. The highest BCUT2D eigenvalue weighted by Crippen LogP contribution is 2.58. The summed E-state index contributed by atoms with van der Waals surface area (Å²) in [7, 11) is 1.55. The van der Waals surface area contributed by atoms with E-state index >= 15 is 0 Å². The number of rotatable bonds is 7. The number of aliphatic hydroxyl groups excluding tert-OH is 1. The molecular weight excluding hydrogens is 350 g/mol. The SMILES string of the molecule is CCCC(C)NC(=O)C1N([C@H](C)CO)C(=O)[C@@H]2[C@@H](C(=O)NC)[C@H]3CCC12O3. The lowest BCUT2D eigenvalue weighted by Crippen LogP contribution is -2.58. The molecule has 0 aromatic carbocycles. The fourth-order valence-electron chi connectivity index (χ4n) is 5.25. The van der Waals surface area contributed by atoms with Gasteiger partial charge in [0.15, 0.2) is 0 Å². The second-order valence-electron chi connectivity index (χ2n) is 8.15.